The number of ether oxygens (including phenoxy) is 3. The number of nitrogens with zero attached hydrogens (tertiary/aromatic N) is 1. The molecule has 1 saturated heterocycles. The minimum atomic E-state index is -0.384. The Hall–Kier alpha value is -2.84. The standard InChI is InChI=1S/C24H25NO5S2/c1-4-29-20-13-17(9-10-19(20)30-15-18-8-6-5-7-16(18)2)14-21-23(27)25(24(31)32-21)12-11-22(26)28-3/h5-10,13-14H,4,11-12,15H2,1-3H3/b21-14-. The van der Waals surface area contributed by atoms with Crippen molar-refractivity contribution in [3.8, 4) is 11.5 Å². The average Bonchev–Trinajstić information content (AvgIpc) is 3.05. The van der Waals surface area contributed by atoms with Gasteiger partial charge in [0.1, 0.15) is 10.9 Å². The van der Waals surface area contributed by atoms with Crippen LogP contribution in [-0.4, -0.2) is 41.4 Å². The summed E-state index contributed by atoms with van der Waals surface area (Å²) in [5.74, 6) is 0.640. The van der Waals surface area contributed by atoms with E-state index in [-0.39, 0.29) is 24.8 Å². The van der Waals surface area contributed by atoms with Crippen molar-refractivity contribution in [3.05, 3.63) is 64.1 Å². The van der Waals surface area contributed by atoms with Crippen molar-refractivity contribution < 1.29 is 23.8 Å². The van der Waals surface area contributed by atoms with Gasteiger partial charge in [0, 0.05) is 6.54 Å². The molecule has 0 saturated carbocycles. The van der Waals surface area contributed by atoms with E-state index in [0.717, 1.165) is 16.7 Å². The summed E-state index contributed by atoms with van der Waals surface area (Å²) in [6.45, 7) is 5.08. The van der Waals surface area contributed by atoms with Gasteiger partial charge in [-0.15, -0.1) is 0 Å². The molecule has 32 heavy (non-hydrogen) atoms. The van der Waals surface area contributed by atoms with Gasteiger partial charge in [-0.25, -0.2) is 0 Å². The summed E-state index contributed by atoms with van der Waals surface area (Å²) in [6, 6.07) is 13.6. The zero-order chi connectivity index (χ0) is 23.1. The van der Waals surface area contributed by atoms with Crippen LogP contribution < -0.4 is 9.47 Å². The van der Waals surface area contributed by atoms with Crippen molar-refractivity contribution in [2.75, 3.05) is 20.3 Å². The summed E-state index contributed by atoms with van der Waals surface area (Å²) in [4.78, 5) is 26.0. The Morgan fingerprint density at radius 3 is 2.66 bits per heavy atom. The molecule has 6 nitrogen and oxygen atoms in total. The second kappa shape index (κ2) is 11.2. The van der Waals surface area contributed by atoms with E-state index >= 15 is 0 Å². The quantitative estimate of drug-likeness (QED) is 0.297. The first-order valence-electron chi connectivity index (χ1n) is 10.2. The van der Waals surface area contributed by atoms with Crippen molar-refractivity contribution in [3.63, 3.8) is 0 Å². The number of hydrogen-bond acceptors (Lipinski definition) is 7. The Labute approximate surface area is 197 Å². The van der Waals surface area contributed by atoms with Crippen LogP contribution in [0.4, 0.5) is 0 Å². The Morgan fingerprint density at radius 2 is 1.94 bits per heavy atom. The number of thiocarbonyl (C=S) groups is 1. The molecule has 8 heteroatoms. The lowest BCUT2D eigenvalue weighted by molar-refractivity contribution is -0.140. The van der Waals surface area contributed by atoms with Crippen LogP contribution in [-0.2, 0) is 20.9 Å². The molecule has 1 amide bonds. The van der Waals surface area contributed by atoms with Crippen LogP contribution in [0.5, 0.6) is 11.5 Å². The van der Waals surface area contributed by atoms with Crippen LogP contribution in [0, 0.1) is 6.92 Å². The van der Waals surface area contributed by atoms with E-state index in [1.54, 1.807) is 6.08 Å². The number of thioether (sulfide) groups is 1. The van der Waals surface area contributed by atoms with Gasteiger partial charge >= 0.3 is 5.97 Å². The Kier molecular flexibility index (Phi) is 8.30. The molecule has 2 aromatic carbocycles. The van der Waals surface area contributed by atoms with Crippen LogP contribution >= 0.6 is 24.0 Å². The first-order valence-corrected chi connectivity index (χ1v) is 11.4. The second-order valence-corrected chi connectivity index (χ2v) is 8.69. The minimum Gasteiger partial charge on any atom is -0.490 e. The topological polar surface area (TPSA) is 65.1 Å². The van der Waals surface area contributed by atoms with Crippen LogP contribution in [0.25, 0.3) is 6.08 Å². The Balaban J connectivity index is 1.75. The van der Waals surface area contributed by atoms with Crippen LogP contribution in [0.2, 0.25) is 0 Å². The molecular weight excluding hydrogens is 446 g/mol. The number of carbonyl (C=O) groups excluding carboxylic acids is 2. The lowest BCUT2D eigenvalue weighted by Gasteiger charge is -2.14. The van der Waals surface area contributed by atoms with Crippen LogP contribution in [0.1, 0.15) is 30.0 Å². The Morgan fingerprint density at radius 1 is 1.16 bits per heavy atom. The third-order valence-corrected chi connectivity index (χ3v) is 6.23. The van der Waals surface area contributed by atoms with E-state index in [2.05, 4.69) is 4.74 Å². The highest BCUT2D eigenvalue weighted by Gasteiger charge is 2.32. The predicted octanol–water partition coefficient (Wildman–Crippen LogP) is 4.74. The first-order chi connectivity index (χ1) is 15.4. The van der Waals surface area contributed by atoms with E-state index < -0.39 is 0 Å². The minimum absolute atomic E-state index is 0.0949. The molecule has 0 spiro atoms. The monoisotopic (exact) mass is 471 g/mol. The van der Waals surface area contributed by atoms with E-state index in [1.165, 1.54) is 23.8 Å². The van der Waals surface area contributed by atoms with E-state index in [4.69, 9.17) is 21.7 Å². The van der Waals surface area contributed by atoms with Gasteiger partial charge in [-0.2, -0.15) is 0 Å². The van der Waals surface area contributed by atoms with Gasteiger partial charge in [0.05, 0.1) is 25.0 Å². The second-order valence-electron chi connectivity index (χ2n) is 7.01. The molecule has 2 aromatic rings. The molecule has 0 aliphatic carbocycles. The van der Waals surface area contributed by atoms with Crippen molar-refractivity contribution in [2.45, 2.75) is 26.9 Å². The summed E-state index contributed by atoms with van der Waals surface area (Å²) in [6.07, 6.45) is 1.86. The van der Waals surface area contributed by atoms with E-state index in [0.29, 0.717) is 33.9 Å². The fourth-order valence-corrected chi connectivity index (χ4v) is 4.39. The van der Waals surface area contributed by atoms with Crippen molar-refractivity contribution in [1.29, 1.82) is 0 Å². The fraction of sp³-hybridized carbons (Fsp3) is 0.292. The summed E-state index contributed by atoms with van der Waals surface area (Å²) in [7, 11) is 1.32. The molecule has 0 radical (unpaired) electrons. The van der Waals surface area contributed by atoms with Crippen molar-refractivity contribution in [1.82, 2.24) is 4.90 Å². The van der Waals surface area contributed by atoms with Gasteiger partial charge < -0.3 is 14.2 Å². The maximum atomic E-state index is 12.7. The average molecular weight is 472 g/mol. The van der Waals surface area contributed by atoms with Gasteiger partial charge in [-0.3, -0.25) is 14.5 Å². The van der Waals surface area contributed by atoms with E-state index in [1.807, 2.05) is 56.3 Å². The maximum absolute atomic E-state index is 12.7. The molecule has 0 bridgehead atoms. The number of esters is 1. The molecule has 1 heterocycles. The molecule has 1 fully saturated rings. The number of benzene rings is 2. The zero-order valence-corrected chi connectivity index (χ0v) is 19.9. The van der Waals surface area contributed by atoms with Crippen LogP contribution in [0.15, 0.2) is 47.4 Å². The summed E-state index contributed by atoms with van der Waals surface area (Å²) >= 11 is 6.52. The lowest BCUT2D eigenvalue weighted by atomic mass is 10.1. The van der Waals surface area contributed by atoms with Gasteiger partial charge in [0.2, 0.25) is 0 Å². The molecule has 0 unspecified atom stereocenters. The number of carbonyl (C=O) groups is 2. The molecular formula is C24H25NO5S2. The fourth-order valence-electron chi connectivity index (χ4n) is 3.08. The predicted molar refractivity (Wildman–Crippen MR) is 130 cm³/mol. The number of methoxy groups -OCH3 is 1. The molecule has 1 aliphatic heterocycles. The third-order valence-electron chi connectivity index (χ3n) is 4.85. The van der Waals surface area contributed by atoms with Crippen molar-refractivity contribution in [2.24, 2.45) is 0 Å². The Bertz CT molecular complexity index is 1050. The summed E-state index contributed by atoms with van der Waals surface area (Å²) in [5.41, 5.74) is 3.07. The molecule has 1 aliphatic rings. The highest BCUT2D eigenvalue weighted by atomic mass is 32.2. The molecule has 168 valence electrons. The molecule has 0 atom stereocenters. The lowest BCUT2D eigenvalue weighted by Crippen LogP contribution is -2.30. The number of hydrogen-bond donors (Lipinski definition) is 0. The third kappa shape index (κ3) is 5.89. The largest absolute Gasteiger partial charge is 0.490 e. The zero-order valence-electron chi connectivity index (χ0n) is 18.3. The molecule has 0 N–H and O–H groups in total. The number of amides is 1. The molecule has 3 rings (SSSR count). The SMILES string of the molecule is CCOc1cc(/C=C2\SC(=S)N(CCC(=O)OC)C2=O)ccc1OCc1ccccc1C. The number of rotatable bonds is 9. The van der Waals surface area contributed by atoms with Gasteiger partial charge in [0.25, 0.3) is 5.91 Å². The maximum Gasteiger partial charge on any atom is 0.307 e. The van der Waals surface area contributed by atoms with Crippen molar-refractivity contribution >= 4 is 46.3 Å². The first kappa shape index (κ1) is 23.8. The summed E-state index contributed by atoms with van der Waals surface area (Å²) < 4.78 is 16.8. The van der Waals surface area contributed by atoms with Gasteiger partial charge in [0.15, 0.2) is 11.5 Å². The van der Waals surface area contributed by atoms with Crippen LogP contribution in [0.3, 0.4) is 0 Å². The highest BCUT2D eigenvalue weighted by molar-refractivity contribution is 8.26. The van der Waals surface area contributed by atoms with Gasteiger partial charge in [-0.05, 0) is 48.7 Å². The van der Waals surface area contributed by atoms with Gasteiger partial charge in [-0.1, -0.05) is 54.3 Å². The summed E-state index contributed by atoms with van der Waals surface area (Å²) in [5, 5.41) is 0. The molecule has 0 aromatic heterocycles. The smallest absolute Gasteiger partial charge is 0.307 e. The number of aryl methyl sites for hydroxylation is 1. The van der Waals surface area contributed by atoms with E-state index in [9.17, 15) is 9.59 Å². The highest BCUT2D eigenvalue weighted by Crippen LogP contribution is 2.35. The normalized spacial score (nSPS) is 14.7.